The van der Waals surface area contributed by atoms with E-state index in [0.717, 1.165) is 0 Å². The van der Waals surface area contributed by atoms with Gasteiger partial charge in [0.2, 0.25) is 11.6 Å². The molecule has 1 amide bonds. The number of anilines is 1. The number of nitrogens with zero attached hydrogens (tertiary/aromatic N) is 3. The van der Waals surface area contributed by atoms with Gasteiger partial charge in [-0.05, 0) is 42.5 Å². The van der Waals surface area contributed by atoms with E-state index in [4.69, 9.17) is 25.8 Å². The number of halogens is 2. The van der Waals surface area contributed by atoms with Crippen LogP contribution in [0.1, 0.15) is 10.6 Å². The molecule has 34 heavy (non-hydrogen) atoms. The minimum absolute atomic E-state index is 0.0980. The number of hydrogen-bond acceptors (Lipinski definition) is 6. The predicted octanol–water partition coefficient (Wildman–Crippen LogP) is 5.00. The second-order valence-corrected chi connectivity index (χ2v) is 7.41. The Kier molecular flexibility index (Phi) is 6.65. The fourth-order valence-electron chi connectivity index (χ4n) is 3.31. The smallest absolute Gasteiger partial charge is 0.295 e. The van der Waals surface area contributed by atoms with E-state index in [1.54, 1.807) is 36.4 Å². The van der Waals surface area contributed by atoms with E-state index in [-0.39, 0.29) is 16.7 Å². The number of methoxy groups -OCH3 is 3. The fraction of sp³-hybridized carbons (Fsp3) is 0.125. The molecule has 10 heteroatoms. The van der Waals surface area contributed by atoms with Crippen molar-refractivity contribution in [3.63, 3.8) is 0 Å². The van der Waals surface area contributed by atoms with Crippen LogP contribution in [0.3, 0.4) is 0 Å². The van der Waals surface area contributed by atoms with Crippen molar-refractivity contribution in [1.29, 1.82) is 0 Å². The summed E-state index contributed by atoms with van der Waals surface area (Å²) in [5.74, 6) is 0.242. The molecule has 0 saturated heterocycles. The summed E-state index contributed by atoms with van der Waals surface area (Å²) in [5, 5.41) is 7.03. The van der Waals surface area contributed by atoms with Gasteiger partial charge in [0.25, 0.3) is 5.91 Å². The van der Waals surface area contributed by atoms with Crippen LogP contribution >= 0.6 is 11.6 Å². The molecule has 0 radical (unpaired) electrons. The van der Waals surface area contributed by atoms with Crippen LogP contribution in [0, 0.1) is 5.82 Å². The molecule has 0 bridgehead atoms. The zero-order valence-corrected chi connectivity index (χ0v) is 19.3. The monoisotopic (exact) mass is 482 g/mol. The predicted molar refractivity (Wildman–Crippen MR) is 126 cm³/mol. The van der Waals surface area contributed by atoms with Crippen molar-refractivity contribution in [2.75, 3.05) is 26.6 Å². The zero-order chi connectivity index (χ0) is 24.2. The summed E-state index contributed by atoms with van der Waals surface area (Å²) in [6, 6.07) is 16.3. The van der Waals surface area contributed by atoms with E-state index in [1.807, 2.05) is 6.07 Å². The lowest BCUT2D eigenvalue weighted by Crippen LogP contribution is -2.14. The van der Waals surface area contributed by atoms with Crippen LogP contribution < -0.4 is 19.5 Å². The summed E-state index contributed by atoms with van der Waals surface area (Å²) in [7, 11) is 4.48. The van der Waals surface area contributed by atoms with Gasteiger partial charge in [0.1, 0.15) is 5.82 Å². The van der Waals surface area contributed by atoms with Gasteiger partial charge in [0, 0.05) is 11.3 Å². The number of carbonyl (C=O) groups is 1. The number of aromatic nitrogens is 3. The number of benzene rings is 3. The first-order valence-electron chi connectivity index (χ1n) is 10.0. The van der Waals surface area contributed by atoms with Crippen molar-refractivity contribution in [3.8, 4) is 34.3 Å². The van der Waals surface area contributed by atoms with E-state index in [9.17, 15) is 9.18 Å². The molecule has 1 heterocycles. The summed E-state index contributed by atoms with van der Waals surface area (Å²) in [6.07, 6.45) is 0. The summed E-state index contributed by atoms with van der Waals surface area (Å²) in [5.41, 5.74) is 1.51. The van der Waals surface area contributed by atoms with Crippen molar-refractivity contribution < 1.29 is 23.4 Å². The number of ether oxygens (including phenoxy) is 3. The zero-order valence-electron chi connectivity index (χ0n) is 18.5. The van der Waals surface area contributed by atoms with Gasteiger partial charge < -0.3 is 19.5 Å². The average molecular weight is 483 g/mol. The largest absolute Gasteiger partial charge is 0.493 e. The fourth-order valence-corrected chi connectivity index (χ4v) is 3.49. The Morgan fingerprint density at radius 2 is 1.65 bits per heavy atom. The molecule has 0 saturated carbocycles. The molecule has 0 unspecified atom stereocenters. The maximum absolute atomic E-state index is 13.8. The van der Waals surface area contributed by atoms with Gasteiger partial charge in [-0.15, -0.1) is 5.10 Å². The van der Waals surface area contributed by atoms with Gasteiger partial charge in [0.05, 0.1) is 32.0 Å². The Bertz CT molecular complexity index is 1320. The molecule has 4 aromatic rings. The highest BCUT2D eigenvalue weighted by Crippen LogP contribution is 2.41. The molecule has 0 aliphatic carbocycles. The Morgan fingerprint density at radius 3 is 2.24 bits per heavy atom. The van der Waals surface area contributed by atoms with E-state index in [0.29, 0.717) is 34.2 Å². The van der Waals surface area contributed by atoms with E-state index in [2.05, 4.69) is 15.4 Å². The van der Waals surface area contributed by atoms with Crippen LogP contribution in [0.4, 0.5) is 10.1 Å². The SMILES string of the molecule is COc1cc(-c2nc(C(=O)Nc3ccccc3)nn2-c2ccc(F)c(Cl)c2)cc(OC)c1OC. The maximum Gasteiger partial charge on any atom is 0.295 e. The van der Waals surface area contributed by atoms with E-state index in [1.165, 1.54) is 44.2 Å². The van der Waals surface area contributed by atoms with Crippen molar-refractivity contribution in [3.05, 3.63) is 77.3 Å². The summed E-state index contributed by atoms with van der Waals surface area (Å²) in [6.45, 7) is 0. The molecule has 8 nitrogen and oxygen atoms in total. The number of rotatable bonds is 7. The van der Waals surface area contributed by atoms with Crippen molar-refractivity contribution in [1.82, 2.24) is 14.8 Å². The first-order chi connectivity index (χ1) is 16.4. The van der Waals surface area contributed by atoms with Gasteiger partial charge in [-0.2, -0.15) is 0 Å². The summed E-state index contributed by atoms with van der Waals surface area (Å²) >= 11 is 6.00. The van der Waals surface area contributed by atoms with Crippen molar-refractivity contribution in [2.24, 2.45) is 0 Å². The molecule has 0 atom stereocenters. The van der Waals surface area contributed by atoms with Gasteiger partial charge in [-0.1, -0.05) is 29.8 Å². The third kappa shape index (κ3) is 4.51. The van der Waals surface area contributed by atoms with Crippen molar-refractivity contribution >= 4 is 23.2 Å². The first kappa shape index (κ1) is 23.1. The first-order valence-corrected chi connectivity index (χ1v) is 10.4. The van der Waals surface area contributed by atoms with Gasteiger partial charge in [-0.3, -0.25) is 4.79 Å². The van der Waals surface area contributed by atoms with E-state index < -0.39 is 11.7 Å². The molecule has 1 aromatic heterocycles. The second-order valence-electron chi connectivity index (χ2n) is 7.00. The van der Waals surface area contributed by atoms with Crippen molar-refractivity contribution in [2.45, 2.75) is 0 Å². The Balaban J connectivity index is 1.87. The number of amides is 1. The molecule has 0 fully saturated rings. The molecule has 174 valence electrons. The number of carbonyl (C=O) groups excluding carboxylic acids is 1. The van der Waals surface area contributed by atoms with Crippen LogP contribution in [0.15, 0.2) is 60.7 Å². The molecular weight excluding hydrogens is 463 g/mol. The lowest BCUT2D eigenvalue weighted by Gasteiger charge is -2.14. The number of para-hydroxylation sites is 1. The minimum Gasteiger partial charge on any atom is -0.493 e. The molecule has 0 spiro atoms. The number of nitrogens with one attached hydrogen (secondary N) is 1. The average Bonchev–Trinajstić information content (AvgIpc) is 3.31. The quantitative estimate of drug-likeness (QED) is 0.398. The molecular formula is C24H20ClFN4O4. The Hall–Kier alpha value is -4.11. The van der Waals surface area contributed by atoms with Gasteiger partial charge in [0.15, 0.2) is 17.3 Å². The Morgan fingerprint density at radius 1 is 0.971 bits per heavy atom. The topological polar surface area (TPSA) is 87.5 Å². The molecule has 0 aliphatic rings. The highest BCUT2D eigenvalue weighted by molar-refractivity contribution is 6.30. The third-order valence-electron chi connectivity index (χ3n) is 4.91. The molecule has 1 N–H and O–H groups in total. The van der Waals surface area contributed by atoms with Crippen LogP contribution in [0.2, 0.25) is 5.02 Å². The highest BCUT2D eigenvalue weighted by Gasteiger charge is 2.22. The van der Waals surface area contributed by atoms with Crippen LogP contribution in [0.25, 0.3) is 17.1 Å². The lowest BCUT2D eigenvalue weighted by molar-refractivity contribution is 0.101. The summed E-state index contributed by atoms with van der Waals surface area (Å²) in [4.78, 5) is 17.4. The maximum atomic E-state index is 13.8. The summed E-state index contributed by atoms with van der Waals surface area (Å²) < 4.78 is 31.5. The van der Waals surface area contributed by atoms with Gasteiger partial charge >= 0.3 is 0 Å². The molecule has 3 aromatic carbocycles. The van der Waals surface area contributed by atoms with Gasteiger partial charge in [-0.25, -0.2) is 14.1 Å². The minimum atomic E-state index is -0.582. The second kappa shape index (κ2) is 9.80. The Labute approximate surface area is 199 Å². The highest BCUT2D eigenvalue weighted by atomic mass is 35.5. The molecule has 0 aliphatic heterocycles. The van der Waals surface area contributed by atoms with E-state index >= 15 is 0 Å². The normalized spacial score (nSPS) is 10.6. The lowest BCUT2D eigenvalue weighted by atomic mass is 10.1. The van der Waals surface area contributed by atoms with Crippen LogP contribution in [-0.4, -0.2) is 42.0 Å². The third-order valence-corrected chi connectivity index (χ3v) is 5.20. The standard InChI is InChI=1S/C24H20ClFN4O4/c1-32-19-11-14(12-20(33-2)21(19)34-3)23-28-22(24(31)27-15-7-5-4-6-8-15)29-30(23)16-9-10-18(26)17(25)13-16/h4-13H,1-3H3,(H,27,31). The van der Waals surface area contributed by atoms with Crippen LogP contribution in [-0.2, 0) is 0 Å². The number of hydrogen-bond donors (Lipinski definition) is 1. The molecule has 4 rings (SSSR count). The van der Waals surface area contributed by atoms with Crippen LogP contribution in [0.5, 0.6) is 17.2 Å².